The Balaban J connectivity index is 1.88. The molecule has 2 rings (SSSR count). The quantitative estimate of drug-likeness (QED) is 0.535. The molecule has 2 heterocycles. The van der Waals surface area contributed by atoms with Gasteiger partial charge < -0.3 is 14.5 Å². The van der Waals surface area contributed by atoms with E-state index >= 15 is 0 Å². The summed E-state index contributed by atoms with van der Waals surface area (Å²) in [4.78, 5) is 9.09. The van der Waals surface area contributed by atoms with Gasteiger partial charge in [-0.3, -0.25) is 0 Å². The Morgan fingerprint density at radius 3 is 1.86 bits per heavy atom. The van der Waals surface area contributed by atoms with E-state index < -0.39 is 7.32 Å². The van der Waals surface area contributed by atoms with Crippen molar-refractivity contribution in [1.29, 1.82) is 0 Å². The summed E-state index contributed by atoms with van der Waals surface area (Å²) in [5, 5.41) is 16.3. The van der Waals surface area contributed by atoms with Crippen molar-refractivity contribution in [1.82, 2.24) is 29.9 Å². The second-order valence-electron chi connectivity index (χ2n) is 2.11. The van der Waals surface area contributed by atoms with Crippen LogP contribution < -0.4 is 9.51 Å². The summed E-state index contributed by atoms with van der Waals surface area (Å²) in [5.74, 6) is 0. The average molecular weight is 196 g/mol. The Labute approximate surface area is 78.0 Å². The Hall–Kier alpha value is -2.10. The highest BCUT2D eigenvalue weighted by Crippen LogP contribution is 1.79. The van der Waals surface area contributed by atoms with E-state index in [2.05, 4.69) is 20.2 Å². The number of hydrogen-bond donors (Lipinski definition) is 1. The lowest BCUT2D eigenvalue weighted by molar-refractivity contribution is 0.0814. The highest BCUT2D eigenvalue weighted by atomic mass is 16.8. The second kappa shape index (κ2) is 3.74. The summed E-state index contributed by atoms with van der Waals surface area (Å²) < 4.78 is 9.43. The van der Waals surface area contributed by atoms with Crippen LogP contribution in [0.4, 0.5) is 0 Å². The van der Waals surface area contributed by atoms with E-state index in [1.54, 1.807) is 0 Å². The Bertz CT molecular complexity index is 326. The molecule has 10 heteroatoms. The van der Waals surface area contributed by atoms with Gasteiger partial charge in [-0.2, -0.15) is 0 Å². The van der Waals surface area contributed by atoms with Gasteiger partial charge in [-0.05, 0) is 0 Å². The van der Waals surface area contributed by atoms with Crippen LogP contribution in [0.5, 0.6) is 0 Å². The number of rotatable bonds is 4. The van der Waals surface area contributed by atoms with Crippen LogP contribution in [0.3, 0.4) is 0 Å². The van der Waals surface area contributed by atoms with Crippen molar-refractivity contribution in [3.8, 4) is 0 Å². The standard InChI is InChI=1S/C4H5BN6O3/c12-5(13-10-3-6-1-8-10)14-11-4-7-2-9-11/h1-4,12H. The molecule has 0 fully saturated rings. The predicted octanol–water partition coefficient (Wildman–Crippen LogP) is -2.60. The monoisotopic (exact) mass is 196 g/mol. The van der Waals surface area contributed by atoms with Gasteiger partial charge in [0.2, 0.25) is 0 Å². The van der Waals surface area contributed by atoms with Crippen molar-refractivity contribution in [2.75, 3.05) is 0 Å². The molecule has 2 aromatic heterocycles. The molecule has 0 spiro atoms. The zero-order valence-corrected chi connectivity index (χ0v) is 6.83. The van der Waals surface area contributed by atoms with Crippen LogP contribution in [0, 0.1) is 0 Å². The highest BCUT2D eigenvalue weighted by Gasteiger charge is 2.23. The molecule has 0 aliphatic heterocycles. The minimum absolute atomic E-state index is 0.946. The topological polar surface area (TPSA) is 100 Å². The molecule has 2 aromatic rings. The van der Waals surface area contributed by atoms with Gasteiger partial charge in [-0.1, -0.05) is 9.69 Å². The molecule has 0 bridgehead atoms. The third kappa shape index (κ3) is 1.98. The zero-order valence-electron chi connectivity index (χ0n) is 6.83. The molecule has 0 amide bonds. The fraction of sp³-hybridized carbons (Fsp3) is 0. The van der Waals surface area contributed by atoms with E-state index in [1.165, 1.54) is 25.3 Å². The molecular formula is C4H5BN6O3. The van der Waals surface area contributed by atoms with Crippen molar-refractivity contribution in [3.63, 3.8) is 0 Å². The molecule has 1 N–H and O–H groups in total. The van der Waals surface area contributed by atoms with E-state index in [0.29, 0.717) is 0 Å². The van der Waals surface area contributed by atoms with Crippen LogP contribution in [-0.4, -0.2) is 42.2 Å². The lowest BCUT2D eigenvalue weighted by atomic mass is 10.3. The van der Waals surface area contributed by atoms with Crippen molar-refractivity contribution in [3.05, 3.63) is 25.3 Å². The van der Waals surface area contributed by atoms with Gasteiger partial charge in [0.1, 0.15) is 12.7 Å². The minimum atomic E-state index is -1.54. The summed E-state index contributed by atoms with van der Waals surface area (Å²) in [5.41, 5.74) is 0. The molecule has 72 valence electrons. The van der Waals surface area contributed by atoms with E-state index in [9.17, 15) is 5.02 Å². The van der Waals surface area contributed by atoms with E-state index in [4.69, 9.17) is 9.51 Å². The van der Waals surface area contributed by atoms with E-state index in [1.807, 2.05) is 0 Å². The highest BCUT2D eigenvalue weighted by molar-refractivity contribution is 6.34. The molecule has 0 aromatic carbocycles. The van der Waals surface area contributed by atoms with E-state index in [0.717, 1.165) is 9.69 Å². The number of aromatic nitrogens is 6. The molecular weight excluding hydrogens is 191 g/mol. The molecule has 0 aliphatic carbocycles. The van der Waals surface area contributed by atoms with Crippen molar-refractivity contribution in [2.45, 2.75) is 0 Å². The first-order chi connectivity index (χ1) is 6.84. The molecule has 9 nitrogen and oxygen atoms in total. The molecule has 0 atom stereocenters. The zero-order chi connectivity index (χ0) is 9.80. The van der Waals surface area contributed by atoms with Gasteiger partial charge >= 0.3 is 7.32 Å². The Morgan fingerprint density at radius 1 is 1.00 bits per heavy atom. The summed E-state index contributed by atoms with van der Waals surface area (Å²) in [6, 6.07) is 0. The number of hydrogen-bond acceptors (Lipinski definition) is 7. The van der Waals surface area contributed by atoms with Gasteiger partial charge in [0.25, 0.3) is 0 Å². The fourth-order valence-electron chi connectivity index (χ4n) is 0.708. The second-order valence-corrected chi connectivity index (χ2v) is 2.11. The van der Waals surface area contributed by atoms with Crippen LogP contribution >= 0.6 is 0 Å². The summed E-state index contributed by atoms with van der Waals surface area (Å²) >= 11 is 0. The van der Waals surface area contributed by atoms with E-state index in [-0.39, 0.29) is 0 Å². The van der Waals surface area contributed by atoms with Gasteiger partial charge in [0, 0.05) is 0 Å². The van der Waals surface area contributed by atoms with Gasteiger partial charge in [0.15, 0.2) is 12.7 Å². The average Bonchev–Trinajstić information content (AvgIpc) is 2.76. The SMILES string of the molecule is OB(On1cncn1)On1cncn1. The molecule has 0 radical (unpaired) electrons. The summed E-state index contributed by atoms with van der Waals surface area (Å²) in [7, 11) is -1.54. The maximum Gasteiger partial charge on any atom is 0.828 e. The van der Waals surface area contributed by atoms with Gasteiger partial charge in [-0.25, -0.2) is 9.97 Å². The fourth-order valence-corrected chi connectivity index (χ4v) is 0.708. The van der Waals surface area contributed by atoms with Crippen LogP contribution in [-0.2, 0) is 0 Å². The molecule has 0 saturated carbocycles. The Morgan fingerprint density at radius 2 is 1.50 bits per heavy atom. The summed E-state index contributed by atoms with van der Waals surface area (Å²) in [6.45, 7) is 0. The van der Waals surface area contributed by atoms with Crippen LogP contribution in [0.15, 0.2) is 25.3 Å². The summed E-state index contributed by atoms with van der Waals surface area (Å²) in [6.07, 6.45) is 5.02. The predicted molar refractivity (Wildman–Crippen MR) is 41.2 cm³/mol. The third-order valence-electron chi connectivity index (χ3n) is 1.19. The molecule has 0 saturated heterocycles. The maximum atomic E-state index is 9.17. The smallest absolute Gasteiger partial charge is 0.392 e. The van der Waals surface area contributed by atoms with Gasteiger partial charge in [-0.15, -0.1) is 10.2 Å². The van der Waals surface area contributed by atoms with Crippen LogP contribution in [0.25, 0.3) is 0 Å². The molecule has 0 unspecified atom stereocenters. The van der Waals surface area contributed by atoms with Crippen molar-refractivity contribution < 1.29 is 14.5 Å². The minimum Gasteiger partial charge on any atom is -0.392 e. The first-order valence-electron chi connectivity index (χ1n) is 3.56. The van der Waals surface area contributed by atoms with Crippen LogP contribution in [0.2, 0.25) is 0 Å². The first-order valence-corrected chi connectivity index (χ1v) is 3.56. The largest absolute Gasteiger partial charge is 0.828 e. The lowest BCUT2D eigenvalue weighted by Crippen LogP contribution is -2.40. The Kier molecular flexibility index (Phi) is 2.27. The molecule has 14 heavy (non-hydrogen) atoms. The van der Waals surface area contributed by atoms with Gasteiger partial charge in [0.05, 0.1) is 0 Å². The normalized spacial score (nSPS) is 9.79. The van der Waals surface area contributed by atoms with Crippen molar-refractivity contribution >= 4 is 7.32 Å². The number of nitrogens with zero attached hydrogens (tertiary/aromatic N) is 6. The maximum absolute atomic E-state index is 9.17. The lowest BCUT2D eigenvalue weighted by Gasteiger charge is -2.06. The van der Waals surface area contributed by atoms with Crippen LogP contribution in [0.1, 0.15) is 0 Å². The van der Waals surface area contributed by atoms with Crippen molar-refractivity contribution in [2.24, 2.45) is 0 Å². The molecule has 0 aliphatic rings. The first kappa shape index (κ1) is 8.50. The third-order valence-corrected chi connectivity index (χ3v) is 1.19.